The molecule has 0 aliphatic carbocycles. The van der Waals surface area contributed by atoms with Crippen LogP contribution in [0.3, 0.4) is 0 Å². The van der Waals surface area contributed by atoms with E-state index in [1.165, 1.54) is 47.9 Å². The summed E-state index contributed by atoms with van der Waals surface area (Å²) < 4.78 is 34.2. The molecule has 0 bridgehead atoms. The molecule has 36 nitrogen and oxygen atoms in total. The normalized spacial score (nSPS) is 16.6. The van der Waals surface area contributed by atoms with Crippen LogP contribution in [0.15, 0.2) is 132 Å². The van der Waals surface area contributed by atoms with E-state index >= 15 is 0 Å². The molecule has 3 aliphatic rings. The SMILES string of the molecule is CC(C)C[C@H](NC(=O)[C@@H](COC(C)(C)C)NC(=O)[C@H](Cc1ccc(O)cc1)NC(=O)[C@H](CO)NC(=O)[C@H](Cc1c[nH]c2ccccc12)NC(=O)[C@H](Cc1cnc[nH]1)NC(=O)[C@@H]1CCC(=O)N1)C(=O)N[C@@H](CCCN=C(N)N)C(=O)N1CCC[C@H]1C(=O)NNC(N)=O.CS(=O)(=O)c1ccc(C2=C(c3ccccc3)C(=O)OC2)cc1. The number of hydrogen-bond donors (Lipinski definition) is 17. The largest absolute Gasteiger partial charge is 0.508 e. The molecule has 20 N–H and O–H groups in total. The van der Waals surface area contributed by atoms with E-state index in [1.807, 2.05) is 35.8 Å². The predicted molar refractivity (Wildman–Crippen MR) is 412 cm³/mol. The number of ether oxygens (including phenoxy) is 2. The molecule has 5 heterocycles. The van der Waals surface area contributed by atoms with Crippen molar-refractivity contribution in [3.8, 4) is 5.75 Å². The molecule has 606 valence electrons. The summed E-state index contributed by atoms with van der Waals surface area (Å²) in [6, 6.07) is 15.1. The summed E-state index contributed by atoms with van der Waals surface area (Å²) in [7, 11) is -3.23. The number of fused-ring (bicyclic) bond motifs is 1. The van der Waals surface area contributed by atoms with Gasteiger partial charge in [-0.3, -0.25) is 58.4 Å². The fourth-order valence-corrected chi connectivity index (χ4v) is 13.3. The van der Waals surface area contributed by atoms with Crippen molar-refractivity contribution in [1.82, 2.24) is 73.2 Å². The number of amides is 12. The molecule has 3 aliphatic heterocycles. The van der Waals surface area contributed by atoms with Gasteiger partial charge in [-0.25, -0.2) is 28.4 Å². The molecule has 0 unspecified atom stereocenters. The number of urea groups is 1. The fourth-order valence-electron chi connectivity index (χ4n) is 12.7. The molecule has 12 amide bonds. The van der Waals surface area contributed by atoms with Crippen LogP contribution < -0.4 is 70.6 Å². The zero-order valence-corrected chi connectivity index (χ0v) is 64.2. The fraction of sp³-hybridized carbons (Fsp3) is 0.421. The number of aromatic hydroxyl groups is 1. The van der Waals surface area contributed by atoms with Crippen LogP contribution in [0, 0.1) is 5.92 Å². The number of aromatic nitrogens is 3. The number of esters is 1. The number of para-hydroxylation sites is 1. The number of aliphatic hydroxyl groups excluding tert-OH is 1. The number of nitrogens with one attached hydrogen (secondary N) is 12. The number of guanidine groups is 1. The maximum absolute atomic E-state index is 14.8. The number of carbonyl (C=O) groups excluding carboxylic acids is 12. The maximum atomic E-state index is 14.8. The quantitative estimate of drug-likeness (QED) is 0.00792. The number of likely N-dealkylation sites (tertiary alicyclic amines) is 1. The molecular formula is C76H98N18O18S. The van der Waals surface area contributed by atoms with Gasteiger partial charge in [0.25, 0.3) is 5.91 Å². The number of nitrogens with zero attached hydrogens (tertiary/aromatic N) is 3. The Balaban J connectivity index is 0.000000617. The maximum Gasteiger partial charge on any atom is 0.339 e. The lowest BCUT2D eigenvalue weighted by molar-refractivity contribution is -0.142. The molecule has 0 radical (unpaired) electrons. The van der Waals surface area contributed by atoms with Gasteiger partial charge in [0.2, 0.25) is 53.2 Å². The highest BCUT2D eigenvalue weighted by molar-refractivity contribution is 7.90. The first-order valence-corrected chi connectivity index (χ1v) is 38.5. The lowest BCUT2D eigenvalue weighted by Crippen LogP contribution is -2.62. The molecule has 9 atom stereocenters. The number of phenols is 1. The highest BCUT2D eigenvalue weighted by Gasteiger charge is 2.41. The first-order valence-electron chi connectivity index (χ1n) is 36.6. The summed E-state index contributed by atoms with van der Waals surface area (Å²) >= 11 is 0. The Labute approximate surface area is 651 Å². The van der Waals surface area contributed by atoms with Gasteiger partial charge in [-0.2, -0.15) is 0 Å². The smallest absolute Gasteiger partial charge is 0.339 e. The molecule has 0 saturated carbocycles. The molecule has 2 saturated heterocycles. The second-order valence-corrected chi connectivity index (χ2v) is 30.8. The van der Waals surface area contributed by atoms with Gasteiger partial charge < -0.3 is 94.3 Å². The van der Waals surface area contributed by atoms with Crippen molar-refractivity contribution < 1.29 is 85.6 Å². The number of cyclic esters (lactones) is 1. The number of nitrogens with two attached hydrogens (primary N) is 3. The van der Waals surface area contributed by atoms with Crippen LogP contribution in [0.1, 0.15) is 108 Å². The van der Waals surface area contributed by atoms with Gasteiger partial charge in [0, 0.05) is 79.6 Å². The Morgan fingerprint density at radius 2 is 1.29 bits per heavy atom. The Kier molecular flexibility index (Phi) is 30.6. The van der Waals surface area contributed by atoms with Crippen molar-refractivity contribution in [1.29, 1.82) is 0 Å². The minimum absolute atomic E-state index is 0.00453. The predicted octanol–water partition coefficient (Wildman–Crippen LogP) is -0.548. The van der Waals surface area contributed by atoms with Gasteiger partial charge in [-0.1, -0.05) is 86.6 Å². The summed E-state index contributed by atoms with van der Waals surface area (Å²) in [5.41, 5.74) is 24.5. The molecule has 2 fully saturated rings. The third-order valence-corrected chi connectivity index (χ3v) is 19.5. The van der Waals surface area contributed by atoms with Crippen molar-refractivity contribution in [2.45, 2.75) is 164 Å². The van der Waals surface area contributed by atoms with E-state index in [-0.39, 0.29) is 112 Å². The number of aliphatic imine (C=N–C) groups is 1. The van der Waals surface area contributed by atoms with E-state index in [2.05, 4.69) is 67.9 Å². The number of aliphatic hydroxyl groups is 1. The van der Waals surface area contributed by atoms with Crippen molar-refractivity contribution in [2.75, 3.05) is 39.2 Å². The topological polar surface area (TPSA) is 556 Å². The monoisotopic (exact) mass is 1580 g/mol. The number of rotatable bonds is 34. The summed E-state index contributed by atoms with van der Waals surface area (Å²) in [4.78, 5) is 179. The van der Waals surface area contributed by atoms with Crippen molar-refractivity contribution in [3.05, 3.63) is 150 Å². The van der Waals surface area contributed by atoms with Crippen molar-refractivity contribution >= 4 is 109 Å². The van der Waals surface area contributed by atoms with Crippen LogP contribution in [0.2, 0.25) is 0 Å². The first-order chi connectivity index (χ1) is 53.6. The lowest BCUT2D eigenvalue weighted by Gasteiger charge is -2.31. The second kappa shape index (κ2) is 40.1. The molecule has 4 aromatic carbocycles. The lowest BCUT2D eigenvalue weighted by atomic mass is 9.97. The zero-order chi connectivity index (χ0) is 82.3. The van der Waals surface area contributed by atoms with Crippen LogP contribution >= 0.6 is 0 Å². The molecule has 9 rings (SSSR count). The minimum Gasteiger partial charge on any atom is -0.508 e. The van der Waals surface area contributed by atoms with Gasteiger partial charge in [0.15, 0.2) is 15.8 Å². The van der Waals surface area contributed by atoms with Crippen LogP contribution in [-0.4, -0.2) is 215 Å². The molecule has 2 aromatic heterocycles. The molecule has 6 aromatic rings. The van der Waals surface area contributed by atoms with Crippen LogP contribution in [0.25, 0.3) is 22.0 Å². The van der Waals surface area contributed by atoms with Crippen LogP contribution in [0.5, 0.6) is 5.75 Å². The molecule has 113 heavy (non-hydrogen) atoms. The van der Waals surface area contributed by atoms with Gasteiger partial charge >= 0.3 is 12.0 Å². The Hall–Kier alpha value is -12.3. The Bertz CT molecular complexity index is 4570. The Morgan fingerprint density at radius 1 is 0.690 bits per heavy atom. The Morgan fingerprint density at radius 3 is 1.90 bits per heavy atom. The minimum atomic E-state index is -3.23. The number of sulfone groups is 1. The molecule has 37 heteroatoms. The van der Waals surface area contributed by atoms with Gasteiger partial charge in [0.05, 0.1) is 35.6 Å². The highest BCUT2D eigenvalue weighted by Crippen LogP contribution is 2.33. The number of primary amides is 1. The summed E-state index contributed by atoms with van der Waals surface area (Å²) in [5, 5.41) is 42.8. The van der Waals surface area contributed by atoms with Gasteiger partial charge in [-0.05, 0) is 118 Å². The third-order valence-electron chi connectivity index (χ3n) is 18.4. The van der Waals surface area contributed by atoms with E-state index < -0.39 is 142 Å². The summed E-state index contributed by atoms with van der Waals surface area (Å²) in [6.07, 6.45) is 6.07. The summed E-state index contributed by atoms with van der Waals surface area (Å²) in [6.45, 7) is 7.47. The molecular weight excluding hydrogens is 1490 g/mol. The van der Waals surface area contributed by atoms with Gasteiger partial charge in [0.1, 0.15) is 66.7 Å². The number of imidazole rings is 1. The number of hydrazine groups is 1. The number of aromatic amines is 2. The highest BCUT2D eigenvalue weighted by atomic mass is 32.2. The van der Waals surface area contributed by atoms with Crippen molar-refractivity contribution in [3.63, 3.8) is 0 Å². The first kappa shape index (κ1) is 86.3. The average Bonchev–Trinajstić information content (AvgIpc) is 1.71. The van der Waals surface area contributed by atoms with E-state index in [4.69, 9.17) is 26.7 Å². The van der Waals surface area contributed by atoms with Crippen LogP contribution in [0.4, 0.5) is 4.79 Å². The third kappa shape index (κ3) is 25.7. The number of phenolic OH excluding ortho intramolecular Hbond substituents is 1. The van der Waals surface area contributed by atoms with E-state index in [0.717, 1.165) is 16.7 Å². The van der Waals surface area contributed by atoms with Crippen LogP contribution in [-0.2, 0) is 91.3 Å². The van der Waals surface area contributed by atoms with E-state index in [1.54, 1.807) is 89.3 Å². The number of H-pyrrole nitrogens is 2. The standard InChI is InChI=1S/C59H84N18O14.C17H14O4S/c1-31(2)22-40(49(82)68-39(12-8-20-64-57(60)61)56(89)77-21-9-13-46(77)55(88)75-76-58(62)90)69-54(87)45(29-91-59(3,4)5)74-50(83)41(23-32-14-16-35(79)17-15-32)70-53(86)44(28-78)73-51(84)42(24-33-26-65-37-11-7-6-10-36(33)37)71-52(85)43(25-34-27-63-30-66-34)72-48(81)38-18-19-47(80)67-38;1-22(19,20)14-9-7-12(8-10-14)15-11-21-17(18)16(15)13-5-3-2-4-6-13/h6-7,10-11,14-17,26-27,30-31,38-46,65,78-79H,8-9,12-13,18-25,28-29H2,1-5H3,(H,63,66)(H,67,80)(H,68,82)(H,69,87)(H,70,86)(H,71,85)(H,72,81)(H,73,84)(H,74,83)(H,75,88)(H4,60,61,64)(H3,62,76,90);2-10H,11H2,1H3/t38-,39-,40-,41-,42-,43-,44-,45+,46-;/m0./s1. The average molecular weight is 1580 g/mol. The molecule has 0 spiro atoms. The number of benzene rings is 4. The van der Waals surface area contributed by atoms with Crippen molar-refractivity contribution in [2.24, 2.45) is 28.1 Å². The van der Waals surface area contributed by atoms with Gasteiger partial charge in [-0.15, -0.1) is 0 Å². The van der Waals surface area contributed by atoms with E-state index in [0.29, 0.717) is 39.7 Å². The zero-order valence-electron chi connectivity index (χ0n) is 63.3. The number of carbonyl (C=O) groups is 12. The van der Waals surface area contributed by atoms with E-state index in [9.17, 15) is 76.2 Å². The second-order valence-electron chi connectivity index (χ2n) is 28.7. The summed E-state index contributed by atoms with van der Waals surface area (Å²) in [5.74, 6) is -8.94. The number of hydrogen-bond acceptors (Lipinski definition) is 20.